The number of nitrogens with zero attached hydrogens (tertiary/aromatic N) is 2. The van der Waals surface area contributed by atoms with Crippen LogP contribution in [0.4, 0.5) is 0 Å². The van der Waals surface area contributed by atoms with E-state index < -0.39 is 0 Å². The zero-order chi connectivity index (χ0) is 25.8. The number of rotatable bonds is 7. The van der Waals surface area contributed by atoms with E-state index in [2.05, 4.69) is 39.0 Å². The van der Waals surface area contributed by atoms with Gasteiger partial charge in [-0.25, -0.2) is 0 Å². The van der Waals surface area contributed by atoms with E-state index in [-0.39, 0.29) is 11.9 Å². The van der Waals surface area contributed by atoms with Gasteiger partial charge in [0.1, 0.15) is 5.75 Å². The summed E-state index contributed by atoms with van der Waals surface area (Å²) in [7, 11) is 1.66. The van der Waals surface area contributed by atoms with Gasteiger partial charge in [0.25, 0.3) is 5.91 Å². The minimum absolute atomic E-state index is 0.0316. The Morgan fingerprint density at radius 2 is 1.70 bits per heavy atom. The van der Waals surface area contributed by atoms with Crippen molar-refractivity contribution < 1.29 is 9.53 Å². The van der Waals surface area contributed by atoms with Gasteiger partial charge in [0, 0.05) is 48.1 Å². The first-order valence-corrected chi connectivity index (χ1v) is 13.1. The predicted molar refractivity (Wildman–Crippen MR) is 150 cm³/mol. The number of carbonyl (C=O) groups excluding carboxylic acids is 1. The minimum Gasteiger partial charge on any atom is -0.497 e. The second-order valence-corrected chi connectivity index (χ2v) is 10.0. The topological polar surface area (TPSA) is 46.5 Å². The van der Waals surface area contributed by atoms with Gasteiger partial charge in [-0.15, -0.1) is 0 Å². The monoisotopic (exact) mass is 513 g/mol. The van der Waals surface area contributed by atoms with Crippen LogP contribution in [-0.4, -0.2) is 41.6 Å². The molecule has 3 aromatic carbocycles. The first-order chi connectivity index (χ1) is 18.0. The lowest BCUT2D eigenvalue weighted by atomic mass is 10.0. The van der Waals surface area contributed by atoms with Crippen LogP contribution < -0.4 is 10.1 Å². The molecule has 0 radical (unpaired) electrons. The molecule has 0 spiro atoms. The summed E-state index contributed by atoms with van der Waals surface area (Å²) in [5, 5.41) is 3.99. The Labute approximate surface area is 223 Å². The van der Waals surface area contributed by atoms with Crippen LogP contribution in [0.1, 0.15) is 34.5 Å². The molecule has 5 nitrogen and oxygen atoms in total. The third-order valence-corrected chi connectivity index (χ3v) is 7.37. The summed E-state index contributed by atoms with van der Waals surface area (Å²) < 4.78 is 7.58. The van der Waals surface area contributed by atoms with Gasteiger partial charge in [0.2, 0.25) is 0 Å². The van der Waals surface area contributed by atoms with Gasteiger partial charge in [-0.1, -0.05) is 60.1 Å². The molecule has 1 amide bonds. The number of amides is 1. The van der Waals surface area contributed by atoms with E-state index in [1.165, 1.54) is 5.56 Å². The number of carbonyl (C=O) groups is 1. The zero-order valence-electron chi connectivity index (χ0n) is 21.3. The van der Waals surface area contributed by atoms with Crippen molar-refractivity contribution in [3.63, 3.8) is 0 Å². The molecular weight excluding hydrogens is 482 g/mol. The third-order valence-electron chi connectivity index (χ3n) is 7.12. The highest BCUT2D eigenvalue weighted by atomic mass is 35.5. The molecule has 6 heteroatoms. The Balaban J connectivity index is 1.36. The quantitative estimate of drug-likeness (QED) is 0.306. The summed E-state index contributed by atoms with van der Waals surface area (Å²) in [4.78, 5) is 16.0. The molecule has 1 fully saturated rings. The van der Waals surface area contributed by atoms with E-state index in [9.17, 15) is 4.79 Å². The van der Waals surface area contributed by atoms with Crippen molar-refractivity contribution >= 4 is 17.5 Å². The normalized spacial score (nSPS) is 14.5. The molecule has 1 aromatic heterocycles. The van der Waals surface area contributed by atoms with Crippen LogP contribution in [0.3, 0.4) is 0 Å². The molecule has 0 unspecified atom stereocenters. The molecule has 1 N–H and O–H groups in total. The summed E-state index contributed by atoms with van der Waals surface area (Å²) in [6, 6.07) is 28.3. The summed E-state index contributed by atoms with van der Waals surface area (Å²) in [6.07, 6.45) is 1.89. The van der Waals surface area contributed by atoms with E-state index in [0.29, 0.717) is 10.6 Å². The molecule has 4 aromatic rings. The standard InChI is InChI=1S/C31H32ClN3O2/c1-22-29(31(36)33-26-15-17-34(18-16-26)21-23-7-4-3-5-8-23)20-30(24-11-13-25(32)14-12-24)35(22)27-9-6-10-28(19-27)37-2/h3-14,19-20,26H,15-18,21H2,1-2H3,(H,33,36). The average Bonchev–Trinajstić information content (AvgIpc) is 3.28. The maximum Gasteiger partial charge on any atom is 0.253 e. The Morgan fingerprint density at radius 1 is 0.973 bits per heavy atom. The lowest BCUT2D eigenvalue weighted by Gasteiger charge is -2.32. The number of benzene rings is 3. The number of likely N-dealkylation sites (tertiary alicyclic amines) is 1. The van der Waals surface area contributed by atoms with E-state index in [0.717, 1.165) is 60.9 Å². The van der Waals surface area contributed by atoms with Crippen LogP contribution in [-0.2, 0) is 6.54 Å². The molecule has 0 saturated carbocycles. The average molecular weight is 514 g/mol. The SMILES string of the molecule is COc1cccc(-n2c(-c3ccc(Cl)cc3)cc(C(=O)NC3CCN(Cc4ccccc4)CC3)c2C)c1. The Kier molecular flexibility index (Phi) is 7.63. The molecule has 0 bridgehead atoms. The first kappa shape index (κ1) is 25.1. The number of nitrogens with one attached hydrogen (secondary N) is 1. The van der Waals surface area contributed by atoms with Crippen molar-refractivity contribution in [2.24, 2.45) is 0 Å². The summed E-state index contributed by atoms with van der Waals surface area (Å²) in [6.45, 7) is 4.89. The summed E-state index contributed by atoms with van der Waals surface area (Å²) >= 11 is 6.16. The molecule has 0 atom stereocenters. The molecular formula is C31H32ClN3O2. The highest BCUT2D eigenvalue weighted by Gasteiger charge is 2.24. The van der Waals surface area contributed by atoms with Crippen molar-refractivity contribution in [3.05, 3.63) is 107 Å². The van der Waals surface area contributed by atoms with Crippen LogP contribution in [0.5, 0.6) is 5.75 Å². The van der Waals surface area contributed by atoms with Gasteiger partial charge in [0.15, 0.2) is 0 Å². The molecule has 5 rings (SSSR count). The van der Waals surface area contributed by atoms with Gasteiger partial charge < -0.3 is 14.6 Å². The Morgan fingerprint density at radius 3 is 2.41 bits per heavy atom. The van der Waals surface area contributed by atoms with Crippen molar-refractivity contribution in [1.29, 1.82) is 0 Å². The van der Waals surface area contributed by atoms with Crippen molar-refractivity contribution in [1.82, 2.24) is 14.8 Å². The lowest BCUT2D eigenvalue weighted by molar-refractivity contribution is 0.0908. The van der Waals surface area contributed by atoms with Crippen molar-refractivity contribution in [2.75, 3.05) is 20.2 Å². The second kappa shape index (κ2) is 11.2. The number of methoxy groups -OCH3 is 1. The Bertz CT molecular complexity index is 1360. The number of ether oxygens (including phenoxy) is 1. The smallest absolute Gasteiger partial charge is 0.253 e. The number of halogens is 1. The predicted octanol–water partition coefficient (Wildman–Crippen LogP) is 6.51. The molecule has 0 aliphatic carbocycles. The zero-order valence-corrected chi connectivity index (χ0v) is 22.0. The van der Waals surface area contributed by atoms with Crippen LogP contribution in [0.25, 0.3) is 16.9 Å². The fraction of sp³-hybridized carbons (Fsp3) is 0.258. The van der Waals surface area contributed by atoms with Gasteiger partial charge in [0.05, 0.1) is 18.4 Å². The molecule has 2 heterocycles. The molecule has 37 heavy (non-hydrogen) atoms. The fourth-order valence-corrected chi connectivity index (χ4v) is 5.22. The van der Waals surface area contributed by atoms with E-state index in [4.69, 9.17) is 16.3 Å². The molecule has 1 aliphatic heterocycles. The van der Waals surface area contributed by atoms with Crippen molar-refractivity contribution in [3.8, 4) is 22.7 Å². The maximum absolute atomic E-state index is 13.5. The second-order valence-electron chi connectivity index (χ2n) is 9.58. The van der Waals surface area contributed by atoms with Gasteiger partial charge in [-0.2, -0.15) is 0 Å². The highest BCUT2D eigenvalue weighted by molar-refractivity contribution is 6.30. The lowest BCUT2D eigenvalue weighted by Crippen LogP contribution is -2.44. The summed E-state index contributed by atoms with van der Waals surface area (Å²) in [5.41, 5.74) is 5.76. The van der Waals surface area contributed by atoms with Crippen LogP contribution >= 0.6 is 11.6 Å². The van der Waals surface area contributed by atoms with E-state index in [1.807, 2.05) is 67.6 Å². The van der Waals surface area contributed by atoms with E-state index in [1.54, 1.807) is 7.11 Å². The van der Waals surface area contributed by atoms with Crippen LogP contribution in [0.2, 0.25) is 5.02 Å². The molecule has 1 aliphatic rings. The third kappa shape index (κ3) is 5.74. The fourth-order valence-electron chi connectivity index (χ4n) is 5.09. The van der Waals surface area contributed by atoms with Crippen molar-refractivity contribution in [2.45, 2.75) is 32.4 Å². The largest absolute Gasteiger partial charge is 0.497 e. The van der Waals surface area contributed by atoms with E-state index >= 15 is 0 Å². The van der Waals surface area contributed by atoms with Gasteiger partial charge in [-0.05, 0) is 61.2 Å². The minimum atomic E-state index is -0.0316. The number of hydrogen-bond acceptors (Lipinski definition) is 3. The van der Waals surface area contributed by atoms with Crippen LogP contribution in [0.15, 0.2) is 84.9 Å². The maximum atomic E-state index is 13.5. The van der Waals surface area contributed by atoms with Gasteiger partial charge >= 0.3 is 0 Å². The Hall–Kier alpha value is -3.54. The molecule has 1 saturated heterocycles. The molecule has 190 valence electrons. The number of aromatic nitrogens is 1. The number of piperidine rings is 1. The van der Waals surface area contributed by atoms with Gasteiger partial charge in [-0.3, -0.25) is 9.69 Å². The number of hydrogen-bond donors (Lipinski definition) is 1. The van der Waals surface area contributed by atoms with Crippen LogP contribution in [0, 0.1) is 6.92 Å². The summed E-state index contributed by atoms with van der Waals surface area (Å²) in [5.74, 6) is 0.733. The highest BCUT2D eigenvalue weighted by Crippen LogP contribution is 2.32. The first-order valence-electron chi connectivity index (χ1n) is 12.7.